The molecule has 1 aromatic carbocycles. The van der Waals surface area contributed by atoms with E-state index in [0.29, 0.717) is 13.0 Å². The fourth-order valence-electron chi connectivity index (χ4n) is 2.85. The smallest absolute Gasteiger partial charge is 0.125 e. The van der Waals surface area contributed by atoms with Crippen molar-refractivity contribution in [2.75, 3.05) is 20.2 Å². The van der Waals surface area contributed by atoms with Crippen molar-refractivity contribution in [2.24, 2.45) is 0 Å². The summed E-state index contributed by atoms with van der Waals surface area (Å²) < 4.78 is 11.0. The Labute approximate surface area is 146 Å². The highest BCUT2D eigenvalue weighted by atomic mass is 32.1. The summed E-state index contributed by atoms with van der Waals surface area (Å²) in [4.78, 5) is 5.69. The van der Waals surface area contributed by atoms with Crippen LogP contribution in [-0.4, -0.2) is 30.3 Å². The fourth-order valence-corrected chi connectivity index (χ4v) is 3.97. The number of ether oxygens (including phenoxy) is 2. The first-order valence-electron chi connectivity index (χ1n) is 8.27. The monoisotopic (exact) mass is 348 g/mol. The van der Waals surface area contributed by atoms with Crippen LogP contribution in [0.4, 0.5) is 0 Å². The molecule has 0 unspecified atom stereocenters. The molecule has 1 aliphatic rings. The molecule has 3 rings (SSSR count). The van der Waals surface area contributed by atoms with Gasteiger partial charge in [-0.05, 0) is 63.5 Å². The van der Waals surface area contributed by atoms with Gasteiger partial charge in [-0.2, -0.15) is 0 Å². The van der Waals surface area contributed by atoms with E-state index in [1.54, 1.807) is 18.4 Å². The van der Waals surface area contributed by atoms with E-state index in [-0.39, 0.29) is 0 Å². The molecule has 0 spiro atoms. The van der Waals surface area contributed by atoms with Crippen LogP contribution in [-0.2, 0) is 12.2 Å². The number of nitrogens with one attached hydrogen (secondary N) is 1. The van der Waals surface area contributed by atoms with Crippen LogP contribution in [0.5, 0.6) is 11.5 Å². The number of methoxy groups -OCH3 is 1. The quantitative estimate of drug-likeness (QED) is 0.870. The summed E-state index contributed by atoms with van der Waals surface area (Å²) >= 11 is 1.56. The molecule has 1 aromatic heterocycles. The molecule has 0 radical (unpaired) electrons. The van der Waals surface area contributed by atoms with Gasteiger partial charge in [0.05, 0.1) is 17.7 Å². The van der Waals surface area contributed by atoms with Crippen molar-refractivity contribution in [1.82, 2.24) is 10.3 Å². The molecular weight excluding hydrogens is 324 g/mol. The predicted octanol–water partition coefficient (Wildman–Crippen LogP) is 3.00. The Morgan fingerprint density at radius 3 is 2.71 bits per heavy atom. The first kappa shape index (κ1) is 17.2. The van der Waals surface area contributed by atoms with E-state index >= 15 is 0 Å². The highest BCUT2D eigenvalue weighted by molar-refractivity contribution is 7.11. The number of aromatic nitrogens is 1. The summed E-state index contributed by atoms with van der Waals surface area (Å²) in [5, 5.41) is 15.1. The molecule has 130 valence electrons. The molecular formula is C18H24N2O3S. The van der Waals surface area contributed by atoms with Crippen LogP contribution >= 0.6 is 11.3 Å². The van der Waals surface area contributed by atoms with E-state index in [0.717, 1.165) is 53.0 Å². The van der Waals surface area contributed by atoms with Gasteiger partial charge < -0.3 is 19.9 Å². The molecule has 0 bridgehead atoms. The zero-order chi connectivity index (χ0) is 17.0. The van der Waals surface area contributed by atoms with Crippen LogP contribution in [0.15, 0.2) is 24.3 Å². The van der Waals surface area contributed by atoms with Gasteiger partial charge in [-0.15, -0.1) is 11.3 Å². The second-order valence-corrected chi connectivity index (χ2v) is 7.21. The van der Waals surface area contributed by atoms with Crippen LogP contribution in [0.25, 0.3) is 0 Å². The van der Waals surface area contributed by atoms with Gasteiger partial charge in [0, 0.05) is 0 Å². The minimum absolute atomic E-state index is 0.462. The van der Waals surface area contributed by atoms with Crippen LogP contribution in [0.1, 0.15) is 34.8 Å². The van der Waals surface area contributed by atoms with E-state index in [2.05, 4.69) is 10.3 Å². The Bertz CT molecular complexity index is 661. The molecule has 1 aliphatic heterocycles. The van der Waals surface area contributed by atoms with Crippen molar-refractivity contribution in [2.45, 2.75) is 38.4 Å². The molecule has 1 fully saturated rings. The molecule has 2 N–H and O–H groups in total. The number of aliphatic hydroxyl groups is 1. The first-order valence-corrected chi connectivity index (χ1v) is 9.09. The summed E-state index contributed by atoms with van der Waals surface area (Å²) in [6, 6.07) is 7.53. The maximum atomic E-state index is 11.0. The number of benzene rings is 1. The van der Waals surface area contributed by atoms with Crippen molar-refractivity contribution < 1.29 is 14.6 Å². The number of hydrogen-bond donors (Lipinski definition) is 2. The van der Waals surface area contributed by atoms with Crippen LogP contribution in [0, 0.1) is 6.92 Å². The first-order chi connectivity index (χ1) is 11.6. The third-order valence-electron chi connectivity index (χ3n) is 4.38. The average Bonchev–Trinajstić information content (AvgIpc) is 2.83. The second-order valence-electron chi connectivity index (χ2n) is 6.13. The van der Waals surface area contributed by atoms with Gasteiger partial charge in [-0.1, -0.05) is 0 Å². The molecule has 6 heteroatoms. The molecule has 2 aromatic rings. The van der Waals surface area contributed by atoms with Gasteiger partial charge in [0.25, 0.3) is 0 Å². The average molecular weight is 348 g/mol. The normalized spacial score (nSPS) is 21.3. The largest absolute Gasteiger partial charge is 0.497 e. The van der Waals surface area contributed by atoms with E-state index in [1.165, 1.54) is 0 Å². The molecule has 0 aliphatic carbocycles. The van der Waals surface area contributed by atoms with Gasteiger partial charge in [-0.3, -0.25) is 0 Å². The van der Waals surface area contributed by atoms with Gasteiger partial charge >= 0.3 is 0 Å². The predicted molar refractivity (Wildman–Crippen MR) is 94.8 cm³/mol. The minimum atomic E-state index is -0.808. The molecule has 2 heterocycles. The van der Waals surface area contributed by atoms with E-state index < -0.39 is 5.60 Å². The van der Waals surface area contributed by atoms with Gasteiger partial charge in [0.15, 0.2) is 0 Å². The van der Waals surface area contributed by atoms with Crippen molar-refractivity contribution in [3.63, 3.8) is 0 Å². The third kappa shape index (κ3) is 3.88. The van der Waals surface area contributed by atoms with Crippen molar-refractivity contribution in [1.29, 1.82) is 0 Å². The molecule has 1 saturated heterocycles. The molecule has 0 saturated carbocycles. The Hall–Kier alpha value is -1.63. The molecule has 5 nitrogen and oxygen atoms in total. The van der Waals surface area contributed by atoms with Crippen LogP contribution < -0.4 is 14.8 Å². The third-order valence-corrected chi connectivity index (χ3v) is 5.70. The van der Waals surface area contributed by atoms with E-state index in [9.17, 15) is 5.11 Å². The van der Waals surface area contributed by atoms with Gasteiger partial charge in [-0.25, -0.2) is 4.98 Å². The second kappa shape index (κ2) is 7.51. The lowest BCUT2D eigenvalue weighted by molar-refractivity contribution is 0.0237. The molecule has 1 atom stereocenters. The molecule has 24 heavy (non-hydrogen) atoms. The number of thiazole rings is 1. The number of hydrogen-bond acceptors (Lipinski definition) is 6. The lowest BCUT2D eigenvalue weighted by Gasteiger charge is -2.23. The molecule has 0 amide bonds. The standard InChI is InChI=1S/C18H24N2O3S/c1-13-16(12-23-15-6-4-14(22-2)5-7-15)24-17(20-13)18(21)8-3-10-19-11-9-18/h4-7,19,21H,3,8-12H2,1-2H3/t18-/m0/s1. The van der Waals surface area contributed by atoms with E-state index in [1.807, 2.05) is 31.2 Å². The van der Waals surface area contributed by atoms with Crippen LogP contribution in [0.3, 0.4) is 0 Å². The van der Waals surface area contributed by atoms with Gasteiger partial charge in [0.2, 0.25) is 0 Å². The number of rotatable bonds is 5. The highest BCUT2D eigenvalue weighted by Gasteiger charge is 2.33. The van der Waals surface area contributed by atoms with Crippen molar-refractivity contribution >= 4 is 11.3 Å². The summed E-state index contributed by atoms with van der Waals surface area (Å²) in [5.41, 5.74) is 0.131. The summed E-state index contributed by atoms with van der Waals surface area (Å²) in [5.74, 6) is 1.60. The van der Waals surface area contributed by atoms with Crippen molar-refractivity contribution in [3.8, 4) is 11.5 Å². The van der Waals surface area contributed by atoms with Crippen LogP contribution in [0.2, 0.25) is 0 Å². The summed E-state index contributed by atoms with van der Waals surface area (Å²) in [6.07, 6.45) is 2.43. The van der Waals surface area contributed by atoms with E-state index in [4.69, 9.17) is 9.47 Å². The maximum Gasteiger partial charge on any atom is 0.125 e. The summed E-state index contributed by atoms with van der Waals surface area (Å²) in [7, 11) is 1.64. The minimum Gasteiger partial charge on any atom is -0.497 e. The Balaban J connectivity index is 1.69. The zero-order valence-corrected chi connectivity index (χ0v) is 15.0. The Kier molecular flexibility index (Phi) is 5.38. The Morgan fingerprint density at radius 2 is 1.96 bits per heavy atom. The SMILES string of the molecule is COc1ccc(OCc2sc([C@]3(O)CCCNCC3)nc2C)cc1. The highest BCUT2D eigenvalue weighted by Crippen LogP contribution is 2.35. The Morgan fingerprint density at radius 1 is 1.21 bits per heavy atom. The lowest BCUT2D eigenvalue weighted by Crippen LogP contribution is -2.27. The number of aryl methyl sites for hydroxylation is 1. The lowest BCUT2D eigenvalue weighted by atomic mass is 9.96. The van der Waals surface area contributed by atoms with Crippen molar-refractivity contribution in [3.05, 3.63) is 39.8 Å². The topological polar surface area (TPSA) is 63.6 Å². The fraction of sp³-hybridized carbons (Fsp3) is 0.500. The number of nitrogens with zero attached hydrogens (tertiary/aromatic N) is 1. The zero-order valence-electron chi connectivity index (χ0n) is 14.2. The maximum absolute atomic E-state index is 11.0. The van der Waals surface area contributed by atoms with Gasteiger partial charge in [0.1, 0.15) is 28.7 Å². The summed E-state index contributed by atoms with van der Waals surface area (Å²) in [6.45, 7) is 4.22.